The van der Waals surface area contributed by atoms with Crippen LogP contribution >= 0.6 is 0 Å². The van der Waals surface area contributed by atoms with Crippen LogP contribution < -0.4 is 0 Å². The maximum Gasteiger partial charge on any atom is 0.354 e. The highest BCUT2D eigenvalue weighted by Gasteiger charge is 2.19. The summed E-state index contributed by atoms with van der Waals surface area (Å²) >= 11 is 0. The highest BCUT2D eigenvalue weighted by atomic mass is 16.4. The Morgan fingerprint density at radius 3 is 2.59 bits per heavy atom. The molecule has 2 N–H and O–H groups in total. The summed E-state index contributed by atoms with van der Waals surface area (Å²) in [5.74, 6) is -1.16. The number of hydrogen-bond donors (Lipinski definition) is 2. The van der Waals surface area contributed by atoms with Crippen LogP contribution in [0.3, 0.4) is 0 Å². The second-order valence-electron chi connectivity index (χ2n) is 4.84. The molecule has 0 aliphatic rings. The number of pyridine rings is 1. The van der Waals surface area contributed by atoms with Gasteiger partial charge in [0.25, 0.3) is 0 Å². The number of aromatic carboxylic acids is 1. The van der Waals surface area contributed by atoms with Crippen molar-refractivity contribution in [2.45, 2.75) is 6.92 Å². The fourth-order valence-electron chi connectivity index (χ4n) is 2.17. The van der Waals surface area contributed by atoms with E-state index in [9.17, 15) is 15.0 Å². The number of aryl methyl sites for hydroxylation is 1. The predicted molar refractivity (Wildman–Crippen MR) is 80.2 cm³/mol. The Hall–Kier alpha value is -3.15. The van der Waals surface area contributed by atoms with Crippen molar-refractivity contribution in [3.05, 3.63) is 59.9 Å². The van der Waals surface area contributed by atoms with Gasteiger partial charge in [0.1, 0.15) is 17.1 Å². The molecule has 2 heterocycles. The van der Waals surface area contributed by atoms with E-state index in [1.807, 2.05) is 6.92 Å². The number of hydrogen-bond acceptors (Lipinski definition) is 4. The van der Waals surface area contributed by atoms with Crippen molar-refractivity contribution in [2.24, 2.45) is 0 Å². The molecule has 0 saturated heterocycles. The highest BCUT2D eigenvalue weighted by Crippen LogP contribution is 2.26. The Labute approximate surface area is 126 Å². The van der Waals surface area contributed by atoms with Crippen LogP contribution in [0.2, 0.25) is 0 Å². The summed E-state index contributed by atoms with van der Waals surface area (Å²) in [6.07, 6.45) is 1.61. The van der Waals surface area contributed by atoms with Gasteiger partial charge >= 0.3 is 5.97 Å². The Balaban J connectivity index is 2.18. The lowest BCUT2D eigenvalue weighted by molar-refractivity contribution is 0.0687. The van der Waals surface area contributed by atoms with Gasteiger partial charge in [-0.1, -0.05) is 12.1 Å². The monoisotopic (exact) mass is 295 g/mol. The molecule has 0 atom stereocenters. The molecule has 110 valence electrons. The Morgan fingerprint density at radius 2 is 1.95 bits per heavy atom. The normalized spacial score (nSPS) is 10.6. The number of carboxylic acids is 1. The number of carboxylic acid groups (broad SMARTS) is 1. The van der Waals surface area contributed by atoms with E-state index in [0.717, 1.165) is 5.56 Å². The zero-order chi connectivity index (χ0) is 15.7. The molecule has 0 amide bonds. The lowest BCUT2D eigenvalue weighted by atomic mass is 10.2. The van der Waals surface area contributed by atoms with Gasteiger partial charge in [-0.15, -0.1) is 0 Å². The summed E-state index contributed by atoms with van der Waals surface area (Å²) in [5, 5.41) is 23.7. The molecule has 22 heavy (non-hydrogen) atoms. The van der Waals surface area contributed by atoms with E-state index in [-0.39, 0.29) is 11.4 Å². The Morgan fingerprint density at radius 1 is 1.14 bits per heavy atom. The molecule has 6 heteroatoms. The third kappa shape index (κ3) is 2.42. The van der Waals surface area contributed by atoms with Gasteiger partial charge < -0.3 is 10.2 Å². The molecule has 0 radical (unpaired) electrons. The van der Waals surface area contributed by atoms with Crippen LogP contribution in [0.15, 0.2) is 48.7 Å². The van der Waals surface area contributed by atoms with E-state index in [0.29, 0.717) is 17.1 Å². The van der Waals surface area contributed by atoms with Gasteiger partial charge in [-0.25, -0.2) is 9.48 Å². The van der Waals surface area contributed by atoms with Crippen molar-refractivity contribution >= 4 is 5.97 Å². The summed E-state index contributed by atoms with van der Waals surface area (Å²) < 4.78 is 1.21. The minimum absolute atomic E-state index is 0.0295. The summed E-state index contributed by atoms with van der Waals surface area (Å²) in [6, 6.07) is 11.7. The van der Waals surface area contributed by atoms with Crippen molar-refractivity contribution in [3.8, 4) is 22.8 Å². The number of nitrogens with zero attached hydrogens (tertiary/aromatic N) is 3. The first-order chi connectivity index (χ1) is 10.6. The Bertz CT molecular complexity index is 841. The van der Waals surface area contributed by atoms with Gasteiger partial charge in [0.2, 0.25) is 0 Å². The molecule has 0 aliphatic heterocycles. The summed E-state index contributed by atoms with van der Waals surface area (Å²) in [5.41, 5.74) is 2.13. The number of phenols is 1. The fraction of sp³-hybridized carbons (Fsp3) is 0.0625. The third-order valence-corrected chi connectivity index (χ3v) is 3.21. The molecule has 0 saturated carbocycles. The molecule has 1 aromatic carbocycles. The molecule has 0 spiro atoms. The number of aromatic hydroxyl groups is 1. The van der Waals surface area contributed by atoms with Crippen molar-refractivity contribution in [3.63, 3.8) is 0 Å². The van der Waals surface area contributed by atoms with E-state index in [4.69, 9.17) is 0 Å². The van der Waals surface area contributed by atoms with Gasteiger partial charge in [-0.3, -0.25) is 4.98 Å². The Kier molecular flexibility index (Phi) is 3.34. The average molecular weight is 295 g/mol. The first-order valence-corrected chi connectivity index (χ1v) is 6.61. The van der Waals surface area contributed by atoms with Crippen molar-refractivity contribution in [1.29, 1.82) is 0 Å². The van der Waals surface area contributed by atoms with Crippen LogP contribution in [-0.4, -0.2) is 30.9 Å². The van der Waals surface area contributed by atoms with Crippen LogP contribution in [0.4, 0.5) is 0 Å². The SMILES string of the molecule is Cc1ccc(-n2nc(-c3ccccn3)cc2C(=O)O)c(O)c1. The number of rotatable bonds is 3. The zero-order valence-corrected chi connectivity index (χ0v) is 11.8. The van der Waals surface area contributed by atoms with Crippen molar-refractivity contribution < 1.29 is 15.0 Å². The molecule has 0 aliphatic carbocycles. The minimum Gasteiger partial charge on any atom is -0.506 e. The van der Waals surface area contributed by atoms with Gasteiger partial charge in [0, 0.05) is 12.3 Å². The maximum atomic E-state index is 11.5. The lowest BCUT2D eigenvalue weighted by Crippen LogP contribution is -2.08. The molecule has 3 aromatic rings. The molecule has 0 unspecified atom stereocenters. The molecular weight excluding hydrogens is 282 g/mol. The zero-order valence-electron chi connectivity index (χ0n) is 11.8. The third-order valence-electron chi connectivity index (χ3n) is 3.21. The molecule has 6 nitrogen and oxygen atoms in total. The van der Waals surface area contributed by atoms with E-state index < -0.39 is 5.97 Å². The second-order valence-corrected chi connectivity index (χ2v) is 4.84. The van der Waals surface area contributed by atoms with Gasteiger partial charge in [0.05, 0.1) is 5.69 Å². The molecule has 3 rings (SSSR count). The first kappa shape index (κ1) is 13.8. The van der Waals surface area contributed by atoms with E-state index >= 15 is 0 Å². The summed E-state index contributed by atoms with van der Waals surface area (Å²) in [4.78, 5) is 15.6. The largest absolute Gasteiger partial charge is 0.506 e. The highest BCUT2D eigenvalue weighted by molar-refractivity contribution is 5.88. The molecule has 0 fully saturated rings. The molecule has 0 bridgehead atoms. The smallest absolute Gasteiger partial charge is 0.354 e. The minimum atomic E-state index is -1.13. The topological polar surface area (TPSA) is 88.2 Å². The van der Waals surface area contributed by atoms with Crippen LogP contribution in [0.1, 0.15) is 16.1 Å². The summed E-state index contributed by atoms with van der Waals surface area (Å²) in [6.45, 7) is 1.84. The van der Waals surface area contributed by atoms with Crippen LogP contribution in [-0.2, 0) is 0 Å². The van der Waals surface area contributed by atoms with Crippen molar-refractivity contribution in [1.82, 2.24) is 14.8 Å². The fourth-order valence-corrected chi connectivity index (χ4v) is 2.17. The van der Waals surface area contributed by atoms with E-state index in [2.05, 4.69) is 10.1 Å². The average Bonchev–Trinajstić information content (AvgIpc) is 2.93. The van der Waals surface area contributed by atoms with Gasteiger partial charge in [0.15, 0.2) is 5.69 Å². The summed E-state index contributed by atoms with van der Waals surface area (Å²) in [7, 11) is 0. The number of phenolic OH excluding ortho intramolecular Hbond substituents is 1. The van der Waals surface area contributed by atoms with Crippen LogP contribution in [0.25, 0.3) is 17.1 Å². The van der Waals surface area contributed by atoms with Crippen LogP contribution in [0.5, 0.6) is 5.75 Å². The van der Waals surface area contributed by atoms with Crippen molar-refractivity contribution in [2.75, 3.05) is 0 Å². The van der Waals surface area contributed by atoms with Gasteiger partial charge in [-0.05, 0) is 36.8 Å². The van der Waals surface area contributed by atoms with Gasteiger partial charge in [-0.2, -0.15) is 5.10 Å². The van der Waals surface area contributed by atoms with E-state index in [1.165, 1.54) is 10.7 Å². The molecular formula is C16H13N3O3. The number of aromatic nitrogens is 3. The number of benzene rings is 1. The lowest BCUT2D eigenvalue weighted by Gasteiger charge is -2.07. The standard InChI is InChI=1S/C16H13N3O3/c1-10-5-6-13(15(20)8-10)19-14(16(21)22)9-12(18-19)11-4-2-3-7-17-11/h2-9,20H,1H3,(H,21,22). The predicted octanol–water partition coefficient (Wildman–Crippen LogP) is 2.65. The number of carbonyl (C=O) groups is 1. The maximum absolute atomic E-state index is 11.5. The second kappa shape index (κ2) is 5.33. The van der Waals surface area contributed by atoms with E-state index in [1.54, 1.807) is 42.6 Å². The van der Waals surface area contributed by atoms with Crippen LogP contribution in [0, 0.1) is 6.92 Å². The molecule has 2 aromatic heterocycles. The quantitative estimate of drug-likeness (QED) is 0.775. The first-order valence-electron chi connectivity index (χ1n) is 6.61.